The van der Waals surface area contributed by atoms with E-state index >= 15 is 0 Å². The van der Waals surface area contributed by atoms with Gasteiger partial charge in [0.2, 0.25) is 11.6 Å². The summed E-state index contributed by atoms with van der Waals surface area (Å²) in [7, 11) is 3.10. The molecule has 168 valence electrons. The van der Waals surface area contributed by atoms with E-state index in [0.717, 1.165) is 11.1 Å². The number of cyclic esters (lactones) is 1. The Labute approximate surface area is 197 Å². The molecule has 3 aromatic rings. The second kappa shape index (κ2) is 9.79. The fourth-order valence-corrected chi connectivity index (χ4v) is 3.46. The topological polar surface area (TPSA) is 66.4 Å². The molecule has 0 fully saturated rings. The Morgan fingerprint density at radius 2 is 1.67 bits per heavy atom. The molecule has 7 heteroatoms. The van der Waals surface area contributed by atoms with Gasteiger partial charge >= 0.3 is 5.97 Å². The SMILES string of the molecule is COc1cc(/C=C2\N=C(c3ccc(Cl)cc3)OC2=O)cc(OC)c1OCc1ccccc1C. The number of benzene rings is 3. The molecule has 0 saturated heterocycles. The van der Waals surface area contributed by atoms with Crippen molar-refractivity contribution in [3.8, 4) is 17.2 Å². The molecule has 0 spiro atoms. The first-order chi connectivity index (χ1) is 16.0. The average molecular weight is 464 g/mol. The average Bonchev–Trinajstić information content (AvgIpc) is 3.18. The number of hydrogen-bond donors (Lipinski definition) is 0. The molecule has 4 rings (SSSR count). The summed E-state index contributed by atoms with van der Waals surface area (Å²) in [5, 5.41) is 0.586. The van der Waals surface area contributed by atoms with E-state index in [-0.39, 0.29) is 11.6 Å². The van der Waals surface area contributed by atoms with Crippen LogP contribution in [0.3, 0.4) is 0 Å². The van der Waals surface area contributed by atoms with Crippen molar-refractivity contribution in [3.05, 3.63) is 93.6 Å². The number of ether oxygens (including phenoxy) is 4. The first-order valence-electron chi connectivity index (χ1n) is 10.2. The molecule has 1 heterocycles. The van der Waals surface area contributed by atoms with Crippen LogP contribution < -0.4 is 14.2 Å². The van der Waals surface area contributed by atoms with Crippen LogP contribution in [0.1, 0.15) is 22.3 Å². The Morgan fingerprint density at radius 1 is 1.00 bits per heavy atom. The van der Waals surface area contributed by atoms with E-state index in [9.17, 15) is 4.79 Å². The number of methoxy groups -OCH3 is 2. The summed E-state index contributed by atoms with van der Waals surface area (Å²) in [4.78, 5) is 16.7. The minimum absolute atomic E-state index is 0.164. The number of aliphatic imine (C=N–C) groups is 1. The highest BCUT2D eigenvalue weighted by molar-refractivity contribution is 6.30. The van der Waals surface area contributed by atoms with Gasteiger partial charge < -0.3 is 18.9 Å². The summed E-state index contributed by atoms with van der Waals surface area (Å²) >= 11 is 5.92. The van der Waals surface area contributed by atoms with Crippen molar-refractivity contribution in [2.75, 3.05) is 14.2 Å². The number of rotatable bonds is 7. The normalized spacial score (nSPS) is 14.1. The van der Waals surface area contributed by atoms with Crippen molar-refractivity contribution >= 4 is 29.5 Å². The Kier molecular flexibility index (Phi) is 6.66. The molecular formula is C26H22ClNO5. The lowest BCUT2D eigenvalue weighted by Crippen LogP contribution is -2.05. The van der Waals surface area contributed by atoms with E-state index in [1.807, 2.05) is 31.2 Å². The molecule has 0 saturated carbocycles. The van der Waals surface area contributed by atoms with Crippen LogP contribution in [-0.4, -0.2) is 26.1 Å². The fraction of sp³-hybridized carbons (Fsp3) is 0.154. The van der Waals surface area contributed by atoms with Gasteiger partial charge in [-0.1, -0.05) is 35.9 Å². The molecule has 0 N–H and O–H groups in total. The lowest BCUT2D eigenvalue weighted by Gasteiger charge is -2.16. The molecule has 6 nitrogen and oxygen atoms in total. The monoisotopic (exact) mass is 463 g/mol. The molecular weight excluding hydrogens is 442 g/mol. The molecule has 0 unspecified atom stereocenters. The van der Waals surface area contributed by atoms with Crippen LogP contribution in [0.25, 0.3) is 6.08 Å². The minimum Gasteiger partial charge on any atom is -0.493 e. The molecule has 0 radical (unpaired) electrons. The first kappa shape index (κ1) is 22.4. The molecule has 1 aliphatic heterocycles. The Bertz CT molecular complexity index is 1220. The maximum Gasteiger partial charge on any atom is 0.363 e. The van der Waals surface area contributed by atoms with Crippen molar-refractivity contribution in [2.45, 2.75) is 13.5 Å². The number of carbonyl (C=O) groups is 1. The molecule has 3 aromatic carbocycles. The number of carbonyl (C=O) groups excluding carboxylic acids is 1. The Balaban J connectivity index is 1.63. The van der Waals surface area contributed by atoms with Gasteiger partial charge in [-0.2, -0.15) is 0 Å². The fourth-order valence-electron chi connectivity index (χ4n) is 3.33. The predicted molar refractivity (Wildman–Crippen MR) is 127 cm³/mol. The summed E-state index contributed by atoms with van der Waals surface area (Å²) in [6, 6.07) is 18.4. The summed E-state index contributed by atoms with van der Waals surface area (Å²) < 4.78 is 22.4. The van der Waals surface area contributed by atoms with Crippen LogP contribution in [0.2, 0.25) is 5.02 Å². The quantitative estimate of drug-likeness (QED) is 0.337. The standard InChI is InChI=1S/C26H22ClNO5/c1-16-6-4-5-7-19(16)15-32-24-22(30-2)13-17(14-23(24)31-3)12-21-26(29)33-25(28-21)18-8-10-20(27)11-9-18/h4-14H,15H2,1-3H3/b21-12-. The second-order valence-corrected chi connectivity index (χ2v) is 7.75. The van der Waals surface area contributed by atoms with Crippen LogP contribution in [0.4, 0.5) is 0 Å². The van der Waals surface area contributed by atoms with E-state index in [2.05, 4.69) is 4.99 Å². The van der Waals surface area contributed by atoms with Gasteiger partial charge in [-0.25, -0.2) is 9.79 Å². The highest BCUT2D eigenvalue weighted by Gasteiger charge is 2.25. The van der Waals surface area contributed by atoms with Gasteiger partial charge in [0.25, 0.3) is 0 Å². The van der Waals surface area contributed by atoms with Crippen LogP contribution in [0.5, 0.6) is 17.2 Å². The number of hydrogen-bond acceptors (Lipinski definition) is 6. The summed E-state index contributed by atoms with van der Waals surface area (Å²) in [6.45, 7) is 2.39. The van der Waals surface area contributed by atoms with Crippen LogP contribution in [0, 0.1) is 6.92 Å². The van der Waals surface area contributed by atoms with Crippen LogP contribution >= 0.6 is 11.6 Å². The maximum absolute atomic E-state index is 12.4. The zero-order valence-corrected chi connectivity index (χ0v) is 19.2. The summed E-state index contributed by atoms with van der Waals surface area (Å²) in [6.07, 6.45) is 1.61. The third kappa shape index (κ3) is 5.02. The van der Waals surface area contributed by atoms with Gasteiger partial charge in [0.15, 0.2) is 17.2 Å². The van der Waals surface area contributed by atoms with E-state index in [0.29, 0.717) is 40.0 Å². The van der Waals surface area contributed by atoms with Gasteiger partial charge in [0, 0.05) is 10.6 Å². The predicted octanol–water partition coefficient (Wildman–Crippen LogP) is 5.59. The zero-order valence-electron chi connectivity index (χ0n) is 18.4. The highest BCUT2D eigenvalue weighted by atomic mass is 35.5. The summed E-state index contributed by atoms with van der Waals surface area (Å²) in [5.74, 6) is 1.11. The Hall–Kier alpha value is -3.77. The third-order valence-corrected chi connectivity index (χ3v) is 5.38. The van der Waals surface area contributed by atoms with E-state index in [1.165, 1.54) is 0 Å². The van der Waals surface area contributed by atoms with E-state index in [1.54, 1.807) is 56.7 Å². The van der Waals surface area contributed by atoms with Crippen molar-refractivity contribution in [1.29, 1.82) is 0 Å². The van der Waals surface area contributed by atoms with Gasteiger partial charge in [0.1, 0.15) is 6.61 Å². The van der Waals surface area contributed by atoms with Crippen LogP contribution in [-0.2, 0) is 16.1 Å². The van der Waals surface area contributed by atoms with E-state index < -0.39 is 5.97 Å². The smallest absolute Gasteiger partial charge is 0.363 e. The van der Waals surface area contributed by atoms with Crippen molar-refractivity contribution in [2.24, 2.45) is 4.99 Å². The third-order valence-electron chi connectivity index (χ3n) is 5.13. The van der Waals surface area contributed by atoms with Gasteiger partial charge in [-0.3, -0.25) is 0 Å². The van der Waals surface area contributed by atoms with Gasteiger partial charge in [-0.15, -0.1) is 0 Å². The lowest BCUT2D eigenvalue weighted by atomic mass is 10.1. The molecule has 33 heavy (non-hydrogen) atoms. The molecule has 0 atom stereocenters. The van der Waals surface area contributed by atoms with Crippen molar-refractivity contribution < 1.29 is 23.7 Å². The zero-order chi connectivity index (χ0) is 23.4. The largest absolute Gasteiger partial charge is 0.493 e. The molecule has 0 bridgehead atoms. The Morgan fingerprint density at radius 3 is 2.30 bits per heavy atom. The van der Waals surface area contributed by atoms with Gasteiger partial charge in [0.05, 0.1) is 14.2 Å². The van der Waals surface area contributed by atoms with Gasteiger partial charge in [-0.05, 0) is 66.1 Å². The molecule has 0 aromatic heterocycles. The molecule has 1 aliphatic rings. The maximum atomic E-state index is 12.4. The number of nitrogens with zero attached hydrogens (tertiary/aromatic N) is 1. The van der Waals surface area contributed by atoms with Crippen molar-refractivity contribution in [3.63, 3.8) is 0 Å². The minimum atomic E-state index is -0.544. The molecule has 0 amide bonds. The first-order valence-corrected chi connectivity index (χ1v) is 10.6. The van der Waals surface area contributed by atoms with E-state index in [4.69, 9.17) is 30.5 Å². The number of esters is 1. The summed E-state index contributed by atoms with van der Waals surface area (Å²) in [5.41, 5.74) is 3.67. The number of halogens is 1. The second-order valence-electron chi connectivity index (χ2n) is 7.31. The number of aryl methyl sites for hydroxylation is 1. The highest BCUT2D eigenvalue weighted by Crippen LogP contribution is 2.40. The molecule has 0 aliphatic carbocycles. The van der Waals surface area contributed by atoms with Crippen LogP contribution in [0.15, 0.2) is 71.4 Å². The lowest BCUT2D eigenvalue weighted by molar-refractivity contribution is -0.129. The van der Waals surface area contributed by atoms with Crippen molar-refractivity contribution in [1.82, 2.24) is 0 Å².